The highest BCUT2D eigenvalue weighted by molar-refractivity contribution is 6.03. The fourth-order valence-electron chi connectivity index (χ4n) is 2.02. The smallest absolute Gasteiger partial charge is 0.220 e. The van der Waals surface area contributed by atoms with Crippen LogP contribution in [0.3, 0.4) is 0 Å². The number of nitrogen functional groups attached to an aromatic ring is 1. The lowest BCUT2D eigenvalue weighted by molar-refractivity contribution is 0.456. The Kier molecular flexibility index (Phi) is 2.01. The lowest BCUT2D eigenvalue weighted by atomic mass is 10.0. The van der Waals surface area contributed by atoms with Crippen LogP contribution in [0.5, 0.6) is 0 Å². The first-order valence-electron chi connectivity index (χ1n) is 5.47. The molecule has 0 amide bonds. The summed E-state index contributed by atoms with van der Waals surface area (Å²) in [6.45, 7) is 4.16. The number of anilines is 1. The molecule has 0 fully saturated rings. The Hall–Kier alpha value is -2.17. The Morgan fingerprint density at radius 2 is 2.00 bits per heavy atom. The van der Waals surface area contributed by atoms with Crippen molar-refractivity contribution in [2.45, 2.75) is 19.8 Å². The highest BCUT2D eigenvalue weighted by Gasteiger charge is 2.13. The number of benzene rings is 1. The molecule has 0 saturated carbocycles. The summed E-state index contributed by atoms with van der Waals surface area (Å²) in [6.07, 6.45) is 1.66. The van der Waals surface area contributed by atoms with E-state index in [1.54, 1.807) is 6.20 Å². The number of hydrogen-bond donors (Lipinski definition) is 1. The largest absolute Gasteiger partial charge is 0.368 e. The van der Waals surface area contributed by atoms with Gasteiger partial charge in [-0.05, 0) is 18.1 Å². The molecule has 2 heterocycles. The van der Waals surface area contributed by atoms with Crippen LogP contribution >= 0.6 is 0 Å². The first-order chi connectivity index (χ1) is 8.16. The summed E-state index contributed by atoms with van der Waals surface area (Å²) in [4.78, 5) is 8.59. The molecule has 17 heavy (non-hydrogen) atoms. The molecule has 0 atom stereocenters. The van der Waals surface area contributed by atoms with Crippen LogP contribution in [0.1, 0.15) is 25.5 Å². The molecule has 0 saturated heterocycles. The second-order valence-corrected chi connectivity index (χ2v) is 4.32. The topological polar surface area (TPSA) is 77.8 Å². The van der Waals surface area contributed by atoms with E-state index >= 15 is 0 Å². The van der Waals surface area contributed by atoms with Crippen LogP contribution < -0.4 is 5.73 Å². The van der Waals surface area contributed by atoms with E-state index < -0.39 is 0 Å². The van der Waals surface area contributed by atoms with Crippen molar-refractivity contribution in [2.24, 2.45) is 0 Å². The number of aromatic nitrogens is 3. The molecule has 1 aromatic carbocycles. The van der Waals surface area contributed by atoms with Gasteiger partial charge in [0.1, 0.15) is 0 Å². The van der Waals surface area contributed by atoms with Crippen LogP contribution in [0, 0.1) is 0 Å². The maximum absolute atomic E-state index is 5.75. The lowest BCUT2D eigenvalue weighted by Gasteiger charge is -2.09. The predicted molar refractivity (Wildman–Crippen MR) is 65.6 cm³/mol. The summed E-state index contributed by atoms with van der Waals surface area (Å²) >= 11 is 0. The minimum absolute atomic E-state index is 0.287. The molecule has 2 aromatic heterocycles. The van der Waals surface area contributed by atoms with Gasteiger partial charge in [-0.1, -0.05) is 19.0 Å². The van der Waals surface area contributed by atoms with E-state index in [-0.39, 0.29) is 5.95 Å². The van der Waals surface area contributed by atoms with Crippen molar-refractivity contribution < 1.29 is 4.52 Å². The SMILES string of the molecule is CC(C)c1nc(N)nc2c1ccc1oncc12. The summed E-state index contributed by atoms with van der Waals surface area (Å²) in [5.74, 6) is 0.579. The molecule has 0 spiro atoms. The third kappa shape index (κ3) is 1.43. The van der Waals surface area contributed by atoms with Gasteiger partial charge in [0.15, 0.2) is 5.58 Å². The lowest BCUT2D eigenvalue weighted by Crippen LogP contribution is -2.02. The summed E-state index contributed by atoms with van der Waals surface area (Å²) in [7, 11) is 0. The van der Waals surface area contributed by atoms with E-state index in [1.807, 2.05) is 12.1 Å². The standard InChI is InChI=1S/C12H12N4O/c1-6(2)10-7-3-4-9-8(5-14-17-9)11(7)16-12(13)15-10/h3-6H,1-2H3,(H2,13,15,16). The van der Waals surface area contributed by atoms with Crippen LogP contribution in [-0.2, 0) is 0 Å². The third-order valence-electron chi connectivity index (χ3n) is 2.79. The van der Waals surface area contributed by atoms with Crippen molar-refractivity contribution in [2.75, 3.05) is 5.73 Å². The van der Waals surface area contributed by atoms with Crippen LogP contribution in [0.25, 0.3) is 21.9 Å². The molecule has 0 aliphatic heterocycles. The third-order valence-corrected chi connectivity index (χ3v) is 2.79. The van der Waals surface area contributed by atoms with E-state index in [0.717, 1.165) is 22.0 Å². The Bertz CT molecular complexity index is 702. The van der Waals surface area contributed by atoms with E-state index in [9.17, 15) is 0 Å². The molecule has 5 heteroatoms. The van der Waals surface area contributed by atoms with Crippen LogP contribution in [0.2, 0.25) is 0 Å². The van der Waals surface area contributed by atoms with Gasteiger partial charge in [-0.2, -0.15) is 0 Å². The maximum Gasteiger partial charge on any atom is 0.220 e. The van der Waals surface area contributed by atoms with Crippen molar-refractivity contribution >= 4 is 27.8 Å². The van der Waals surface area contributed by atoms with E-state index in [4.69, 9.17) is 10.3 Å². The molecule has 3 aromatic rings. The van der Waals surface area contributed by atoms with Crippen molar-refractivity contribution in [1.29, 1.82) is 0 Å². The molecule has 0 radical (unpaired) electrons. The average Bonchev–Trinajstić information content (AvgIpc) is 2.76. The van der Waals surface area contributed by atoms with Crippen molar-refractivity contribution in [1.82, 2.24) is 15.1 Å². The van der Waals surface area contributed by atoms with Gasteiger partial charge in [-0.15, -0.1) is 0 Å². The molecule has 0 bridgehead atoms. The predicted octanol–water partition coefficient (Wildman–Crippen LogP) is 2.48. The maximum atomic E-state index is 5.75. The Morgan fingerprint density at radius 3 is 2.76 bits per heavy atom. The zero-order chi connectivity index (χ0) is 12.0. The molecule has 3 rings (SSSR count). The Labute approximate surface area is 97.6 Å². The summed E-state index contributed by atoms with van der Waals surface area (Å²) in [5.41, 5.74) is 8.22. The van der Waals surface area contributed by atoms with E-state index in [2.05, 4.69) is 29.0 Å². The molecule has 2 N–H and O–H groups in total. The van der Waals surface area contributed by atoms with E-state index in [1.165, 1.54) is 0 Å². The molecule has 0 unspecified atom stereocenters. The first kappa shape index (κ1) is 10.0. The fraction of sp³-hybridized carbons (Fsp3) is 0.250. The normalized spacial score (nSPS) is 11.7. The van der Waals surface area contributed by atoms with Gasteiger partial charge in [0.25, 0.3) is 0 Å². The number of nitrogens with zero attached hydrogens (tertiary/aromatic N) is 3. The van der Waals surface area contributed by atoms with Gasteiger partial charge in [0.05, 0.1) is 22.8 Å². The number of hydrogen-bond acceptors (Lipinski definition) is 5. The zero-order valence-electron chi connectivity index (χ0n) is 9.64. The van der Waals surface area contributed by atoms with Gasteiger partial charge >= 0.3 is 0 Å². The Balaban J connectivity index is 2.51. The van der Waals surface area contributed by atoms with Gasteiger partial charge < -0.3 is 10.3 Å². The van der Waals surface area contributed by atoms with Gasteiger partial charge in [-0.25, -0.2) is 9.97 Å². The second-order valence-electron chi connectivity index (χ2n) is 4.32. The van der Waals surface area contributed by atoms with Crippen LogP contribution in [0.4, 0.5) is 5.95 Å². The summed E-state index contributed by atoms with van der Waals surface area (Å²) < 4.78 is 5.11. The van der Waals surface area contributed by atoms with Gasteiger partial charge in [-0.3, -0.25) is 0 Å². The monoisotopic (exact) mass is 228 g/mol. The molecule has 5 nitrogen and oxygen atoms in total. The van der Waals surface area contributed by atoms with Crippen molar-refractivity contribution in [3.63, 3.8) is 0 Å². The van der Waals surface area contributed by atoms with Gasteiger partial charge in [0, 0.05) is 5.39 Å². The molecule has 0 aliphatic carbocycles. The number of fused-ring (bicyclic) bond motifs is 3. The number of rotatable bonds is 1. The molecular formula is C12H12N4O. The van der Waals surface area contributed by atoms with E-state index in [0.29, 0.717) is 11.5 Å². The summed E-state index contributed by atoms with van der Waals surface area (Å²) in [5, 5.41) is 5.66. The second kappa shape index (κ2) is 3.41. The Morgan fingerprint density at radius 1 is 1.18 bits per heavy atom. The molecule has 86 valence electrons. The number of nitrogens with two attached hydrogens (primary N) is 1. The molecular weight excluding hydrogens is 216 g/mol. The van der Waals surface area contributed by atoms with Gasteiger partial charge in [0.2, 0.25) is 5.95 Å². The summed E-state index contributed by atoms with van der Waals surface area (Å²) in [6, 6.07) is 3.84. The van der Waals surface area contributed by atoms with Crippen molar-refractivity contribution in [3.8, 4) is 0 Å². The first-order valence-corrected chi connectivity index (χ1v) is 5.47. The minimum Gasteiger partial charge on any atom is -0.368 e. The quantitative estimate of drug-likeness (QED) is 0.692. The highest BCUT2D eigenvalue weighted by atomic mass is 16.5. The zero-order valence-corrected chi connectivity index (χ0v) is 9.64. The van der Waals surface area contributed by atoms with Crippen molar-refractivity contribution in [3.05, 3.63) is 24.0 Å². The molecule has 0 aliphatic rings. The van der Waals surface area contributed by atoms with Crippen LogP contribution in [0.15, 0.2) is 22.9 Å². The minimum atomic E-state index is 0.287. The fourth-order valence-corrected chi connectivity index (χ4v) is 2.02. The van der Waals surface area contributed by atoms with Crippen LogP contribution in [-0.4, -0.2) is 15.1 Å². The highest BCUT2D eigenvalue weighted by Crippen LogP contribution is 2.29. The average molecular weight is 228 g/mol.